The molecular weight excluding hydrogens is 290 g/mol. The number of ether oxygens (including phenoxy) is 1. The summed E-state index contributed by atoms with van der Waals surface area (Å²) in [4.78, 5) is 11.1. The quantitative estimate of drug-likeness (QED) is 0.757. The first-order valence-corrected chi connectivity index (χ1v) is 6.60. The highest BCUT2D eigenvalue weighted by Gasteiger charge is 2.10. The SMILES string of the molecule is COc1cc(Cl)c(C)cc1Nc1ccc(C(N)=O)cc1N. The Morgan fingerprint density at radius 1 is 1.24 bits per heavy atom. The molecule has 0 fully saturated rings. The summed E-state index contributed by atoms with van der Waals surface area (Å²) in [6.45, 7) is 1.90. The number of nitrogen functional groups attached to an aromatic ring is 1. The zero-order chi connectivity index (χ0) is 15.6. The number of halogens is 1. The second-order valence-corrected chi connectivity index (χ2v) is 5.00. The van der Waals surface area contributed by atoms with Crippen molar-refractivity contribution in [2.45, 2.75) is 6.92 Å². The number of hydrogen-bond donors (Lipinski definition) is 3. The zero-order valence-electron chi connectivity index (χ0n) is 11.7. The molecule has 0 aromatic heterocycles. The molecule has 0 saturated heterocycles. The molecule has 0 aliphatic heterocycles. The van der Waals surface area contributed by atoms with Crippen molar-refractivity contribution in [3.63, 3.8) is 0 Å². The van der Waals surface area contributed by atoms with E-state index in [1.807, 2.05) is 13.0 Å². The first kappa shape index (κ1) is 15.0. The van der Waals surface area contributed by atoms with Gasteiger partial charge in [-0.05, 0) is 36.8 Å². The van der Waals surface area contributed by atoms with E-state index in [0.717, 1.165) is 11.3 Å². The van der Waals surface area contributed by atoms with Crippen molar-refractivity contribution in [1.82, 2.24) is 0 Å². The van der Waals surface area contributed by atoms with Crippen LogP contribution in [0, 0.1) is 6.92 Å². The Kier molecular flexibility index (Phi) is 4.23. The van der Waals surface area contributed by atoms with Gasteiger partial charge in [-0.3, -0.25) is 4.79 Å². The third-order valence-electron chi connectivity index (χ3n) is 3.09. The molecule has 0 aliphatic carbocycles. The lowest BCUT2D eigenvalue weighted by Gasteiger charge is -2.15. The average Bonchev–Trinajstić information content (AvgIpc) is 2.44. The molecule has 1 amide bonds. The van der Waals surface area contributed by atoms with Crippen LogP contribution in [0.4, 0.5) is 17.1 Å². The maximum absolute atomic E-state index is 11.1. The minimum absolute atomic E-state index is 0.359. The number of rotatable bonds is 4. The molecule has 0 unspecified atom stereocenters. The van der Waals surface area contributed by atoms with Gasteiger partial charge in [-0.1, -0.05) is 11.6 Å². The van der Waals surface area contributed by atoms with E-state index in [9.17, 15) is 4.79 Å². The van der Waals surface area contributed by atoms with Crippen LogP contribution in [0.25, 0.3) is 0 Å². The molecule has 0 radical (unpaired) electrons. The van der Waals surface area contributed by atoms with Crippen molar-refractivity contribution in [2.75, 3.05) is 18.2 Å². The highest BCUT2D eigenvalue weighted by Crippen LogP contribution is 2.34. The fraction of sp³-hybridized carbons (Fsp3) is 0.133. The van der Waals surface area contributed by atoms with Crippen LogP contribution >= 0.6 is 11.6 Å². The molecule has 0 bridgehead atoms. The van der Waals surface area contributed by atoms with Crippen molar-refractivity contribution in [1.29, 1.82) is 0 Å². The molecule has 5 N–H and O–H groups in total. The van der Waals surface area contributed by atoms with Gasteiger partial charge in [0.25, 0.3) is 0 Å². The third-order valence-corrected chi connectivity index (χ3v) is 3.49. The molecule has 2 rings (SSSR count). The van der Waals surface area contributed by atoms with Crippen LogP contribution in [-0.2, 0) is 0 Å². The number of methoxy groups -OCH3 is 1. The van der Waals surface area contributed by atoms with E-state index in [2.05, 4.69) is 5.32 Å². The zero-order valence-corrected chi connectivity index (χ0v) is 12.5. The van der Waals surface area contributed by atoms with Gasteiger partial charge < -0.3 is 21.5 Å². The molecular formula is C15H16ClN3O2. The van der Waals surface area contributed by atoms with Crippen molar-refractivity contribution in [3.8, 4) is 5.75 Å². The van der Waals surface area contributed by atoms with Crippen molar-refractivity contribution in [3.05, 3.63) is 46.5 Å². The Morgan fingerprint density at radius 3 is 2.52 bits per heavy atom. The first-order chi connectivity index (χ1) is 9.92. The summed E-state index contributed by atoms with van der Waals surface area (Å²) >= 11 is 6.07. The number of carbonyl (C=O) groups excluding carboxylic acids is 1. The summed E-state index contributed by atoms with van der Waals surface area (Å²) in [6, 6.07) is 8.42. The minimum atomic E-state index is -0.520. The van der Waals surface area contributed by atoms with Crippen LogP contribution in [0.3, 0.4) is 0 Å². The molecule has 5 nitrogen and oxygen atoms in total. The second kappa shape index (κ2) is 5.93. The molecule has 0 atom stereocenters. The van der Waals surface area contributed by atoms with Crippen LogP contribution in [0.1, 0.15) is 15.9 Å². The summed E-state index contributed by atoms with van der Waals surface area (Å²) in [6.07, 6.45) is 0. The molecule has 0 aliphatic rings. The van der Waals surface area contributed by atoms with Gasteiger partial charge in [0.1, 0.15) is 5.75 Å². The lowest BCUT2D eigenvalue weighted by atomic mass is 10.1. The van der Waals surface area contributed by atoms with Crippen LogP contribution in [-0.4, -0.2) is 13.0 Å². The van der Waals surface area contributed by atoms with Gasteiger partial charge in [0.05, 0.1) is 24.2 Å². The number of nitrogens with one attached hydrogen (secondary N) is 1. The molecule has 21 heavy (non-hydrogen) atoms. The highest BCUT2D eigenvalue weighted by molar-refractivity contribution is 6.31. The molecule has 6 heteroatoms. The lowest BCUT2D eigenvalue weighted by molar-refractivity contribution is 0.100. The number of anilines is 3. The lowest BCUT2D eigenvalue weighted by Crippen LogP contribution is -2.11. The third kappa shape index (κ3) is 3.20. The van der Waals surface area contributed by atoms with Gasteiger partial charge in [-0.2, -0.15) is 0 Å². The Hall–Kier alpha value is -2.40. The number of nitrogens with two attached hydrogens (primary N) is 2. The molecule has 2 aromatic rings. The fourth-order valence-electron chi connectivity index (χ4n) is 1.90. The van der Waals surface area contributed by atoms with Gasteiger partial charge >= 0.3 is 0 Å². The van der Waals surface area contributed by atoms with Gasteiger partial charge in [0.15, 0.2) is 0 Å². The number of hydrogen-bond acceptors (Lipinski definition) is 4. The van der Waals surface area contributed by atoms with Gasteiger partial charge in [0, 0.05) is 16.7 Å². The molecule has 110 valence electrons. The first-order valence-electron chi connectivity index (χ1n) is 6.23. The van der Waals surface area contributed by atoms with E-state index < -0.39 is 5.91 Å². The van der Waals surface area contributed by atoms with Crippen LogP contribution < -0.4 is 21.5 Å². The monoisotopic (exact) mass is 305 g/mol. The summed E-state index contributed by atoms with van der Waals surface area (Å²) in [5.41, 5.74) is 14.2. The summed E-state index contributed by atoms with van der Waals surface area (Å²) in [5, 5.41) is 3.79. The summed E-state index contributed by atoms with van der Waals surface area (Å²) < 4.78 is 5.29. The van der Waals surface area contributed by atoms with Gasteiger partial charge in [0.2, 0.25) is 5.91 Å². The van der Waals surface area contributed by atoms with E-state index >= 15 is 0 Å². The predicted molar refractivity (Wildman–Crippen MR) is 85.4 cm³/mol. The Bertz CT molecular complexity index is 702. The van der Waals surface area contributed by atoms with Crippen LogP contribution in [0.5, 0.6) is 5.75 Å². The van der Waals surface area contributed by atoms with E-state index in [1.54, 1.807) is 25.3 Å². The maximum atomic E-state index is 11.1. The Morgan fingerprint density at radius 2 is 1.95 bits per heavy atom. The van der Waals surface area contributed by atoms with E-state index in [1.165, 1.54) is 6.07 Å². The van der Waals surface area contributed by atoms with Crippen molar-refractivity contribution in [2.24, 2.45) is 5.73 Å². The normalized spacial score (nSPS) is 10.2. The molecule has 2 aromatic carbocycles. The fourth-order valence-corrected chi connectivity index (χ4v) is 2.06. The van der Waals surface area contributed by atoms with Crippen molar-refractivity contribution < 1.29 is 9.53 Å². The van der Waals surface area contributed by atoms with E-state index in [0.29, 0.717) is 27.7 Å². The predicted octanol–water partition coefficient (Wildman–Crippen LogP) is 3.08. The van der Waals surface area contributed by atoms with E-state index in [-0.39, 0.29) is 0 Å². The van der Waals surface area contributed by atoms with Crippen molar-refractivity contribution >= 4 is 34.6 Å². The van der Waals surface area contributed by atoms with Crippen LogP contribution in [0.2, 0.25) is 5.02 Å². The Labute approximate surface area is 127 Å². The number of primary amides is 1. The number of amides is 1. The topological polar surface area (TPSA) is 90.4 Å². The second-order valence-electron chi connectivity index (χ2n) is 4.59. The summed E-state index contributed by atoms with van der Waals surface area (Å²) in [5.74, 6) is 0.0807. The number of carbonyl (C=O) groups is 1. The minimum Gasteiger partial charge on any atom is -0.495 e. The van der Waals surface area contributed by atoms with E-state index in [4.69, 9.17) is 27.8 Å². The highest BCUT2D eigenvalue weighted by atomic mass is 35.5. The summed E-state index contributed by atoms with van der Waals surface area (Å²) in [7, 11) is 1.56. The van der Waals surface area contributed by atoms with Gasteiger partial charge in [-0.25, -0.2) is 0 Å². The number of aryl methyl sites for hydroxylation is 1. The maximum Gasteiger partial charge on any atom is 0.248 e. The standard InChI is InChI=1S/C15H16ClN3O2/c1-8-5-13(14(21-2)7-10(8)16)19-12-4-3-9(15(18)20)6-11(12)17/h3-7,19H,17H2,1-2H3,(H2,18,20). The van der Waals surface area contributed by atoms with Gasteiger partial charge in [-0.15, -0.1) is 0 Å². The Balaban J connectivity index is 2.38. The molecule has 0 saturated carbocycles. The smallest absolute Gasteiger partial charge is 0.248 e. The number of benzene rings is 2. The largest absolute Gasteiger partial charge is 0.495 e. The molecule has 0 heterocycles. The average molecular weight is 306 g/mol. The van der Waals surface area contributed by atoms with Crippen LogP contribution in [0.15, 0.2) is 30.3 Å². The molecule has 0 spiro atoms.